The number of nitrogens with zero attached hydrogens (tertiary/aromatic N) is 6. The smallest absolute Gasteiger partial charge is 0.234 e. The minimum absolute atomic E-state index is 0.214. The first-order valence-corrected chi connectivity index (χ1v) is 23.7. The number of benzene rings is 3. The molecule has 3 N–H and O–H groups in total. The van der Waals surface area contributed by atoms with Gasteiger partial charge in [0.25, 0.3) is 0 Å². The maximum Gasteiger partial charge on any atom is 0.234 e. The van der Waals surface area contributed by atoms with Crippen molar-refractivity contribution in [2.45, 2.75) is 57.4 Å². The molecule has 3 saturated heterocycles. The molecule has 3 aromatic carbocycles. The molecule has 1 unspecified atom stereocenters. The number of halogens is 3. The fourth-order valence-corrected chi connectivity index (χ4v) is 10.6. The molecule has 8 rings (SSSR count). The van der Waals surface area contributed by atoms with Crippen molar-refractivity contribution in [3.8, 4) is 5.75 Å². The van der Waals surface area contributed by atoms with E-state index in [1.54, 1.807) is 19.4 Å². The summed E-state index contributed by atoms with van der Waals surface area (Å²) in [5.74, 6) is -0.229. The lowest BCUT2D eigenvalue weighted by Crippen LogP contribution is -2.53. The molecule has 0 bridgehead atoms. The van der Waals surface area contributed by atoms with Crippen LogP contribution in [0.5, 0.6) is 5.75 Å². The molecule has 4 aromatic rings. The normalized spacial score (nSPS) is 19.2. The number of piperazine rings is 1. The highest BCUT2D eigenvalue weighted by Crippen LogP contribution is 2.41. The monoisotopic (exact) mass is 937 g/mol. The number of piperidine rings is 2. The molecule has 2 amide bonds. The van der Waals surface area contributed by atoms with E-state index in [0.29, 0.717) is 81.4 Å². The largest absolute Gasteiger partial charge is 0.494 e. The van der Waals surface area contributed by atoms with Gasteiger partial charge in [0.2, 0.25) is 27.8 Å². The Morgan fingerprint density at radius 3 is 2.48 bits per heavy atom. The second-order valence-electron chi connectivity index (χ2n) is 16.2. The quantitative estimate of drug-likeness (QED) is 0.133. The number of hydrogen-bond donors (Lipinski definition) is 3. The minimum atomic E-state index is -3.45. The van der Waals surface area contributed by atoms with Crippen LogP contribution in [0.1, 0.15) is 53.9 Å². The van der Waals surface area contributed by atoms with Gasteiger partial charge in [-0.1, -0.05) is 23.7 Å². The molecule has 14 nitrogen and oxygen atoms in total. The van der Waals surface area contributed by atoms with Gasteiger partial charge in [-0.25, -0.2) is 17.8 Å². The number of aryl methyl sites for hydroxylation is 1. The van der Waals surface area contributed by atoms with Crippen LogP contribution in [0.15, 0.2) is 53.1 Å². The molecular formula is C43H50BrClFN9O5S. The minimum Gasteiger partial charge on any atom is -0.494 e. The number of sulfonamides is 1. The number of aromatic nitrogens is 2. The van der Waals surface area contributed by atoms with Crippen molar-refractivity contribution in [3.63, 3.8) is 0 Å². The Morgan fingerprint density at radius 2 is 1.75 bits per heavy atom. The van der Waals surface area contributed by atoms with E-state index in [4.69, 9.17) is 21.3 Å². The summed E-state index contributed by atoms with van der Waals surface area (Å²) in [6.45, 7) is 8.77. The maximum atomic E-state index is 15.2. The average Bonchev–Trinajstić information content (AvgIpc) is 3.69. The van der Waals surface area contributed by atoms with E-state index in [2.05, 4.69) is 70.6 Å². The van der Waals surface area contributed by atoms with Crippen molar-refractivity contribution in [2.24, 2.45) is 0 Å². The molecule has 1 aromatic heterocycles. The first kappa shape index (κ1) is 43.1. The lowest BCUT2D eigenvalue weighted by molar-refractivity contribution is -0.134. The molecule has 4 aliphatic heterocycles. The van der Waals surface area contributed by atoms with Gasteiger partial charge in [-0.05, 0) is 101 Å². The van der Waals surface area contributed by atoms with Gasteiger partial charge in [0, 0.05) is 87.8 Å². The molecule has 0 saturated carbocycles. The Balaban J connectivity index is 0.845. The zero-order chi connectivity index (χ0) is 43.0. The topological polar surface area (TPSA) is 152 Å². The number of para-hydroxylation sites is 1. The number of methoxy groups -OCH3 is 1. The first-order valence-electron chi connectivity index (χ1n) is 20.6. The van der Waals surface area contributed by atoms with Crippen LogP contribution < -0.4 is 29.9 Å². The van der Waals surface area contributed by atoms with Crippen molar-refractivity contribution in [1.29, 1.82) is 0 Å². The summed E-state index contributed by atoms with van der Waals surface area (Å²) in [6.07, 6.45) is 6.66. The summed E-state index contributed by atoms with van der Waals surface area (Å²) < 4.78 is 48.2. The number of amides is 2. The molecule has 61 heavy (non-hydrogen) atoms. The number of imide groups is 1. The van der Waals surface area contributed by atoms with Crippen molar-refractivity contribution in [3.05, 3.63) is 86.2 Å². The van der Waals surface area contributed by atoms with E-state index < -0.39 is 21.8 Å². The van der Waals surface area contributed by atoms with Gasteiger partial charge in [-0.15, -0.1) is 0 Å². The standard InChI is InChI=1S/C43H50BrClFN9O5S/c1-26-21-36(49-43-47-25-32(44)41(51-43)48-35-6-4-5-27-10-16-55(40(27)35)61(3,58)59)38(60-2)24-37(26)54-14-11-29(12-15-54)53-19-17-52(18-20-53)13-9-28-22-33(45)31(23-34(28)46)30-7-8-39(56)50-42(30)57/h4-6,21-25,29-30H,7-20H2,1-3H3,(H,50,56,57)(H2,47,48,49,51). The number of anilines is 6. The van der Waals surface area contributed by atoms with E-state index in [9.17, 15) is 18.0 Å². The second-order valence-corrected chi connectivity index (χ2v) is 19.4. The molecule has 18 heteroatoms. The van der Waals surface area contributed by atoms with Crippen LogP contribution in [-0.4, -0.2) is 112 Å². The Morgan fingerprint density at radius 1 is 0.984 bits per heavy atom. The molecule has 3 fully saturated rings. The van der Waals surface area contributed by atoms with E-state index in [-0.39, 0.29) is 18.1 Å². The van der Waals surface area contributed by atoms with Crippen molar-refractivity contribution >= 4 is 83.9 Å². The zero-order valence-corrected chi connectivity index (χ0v) is 37.6. The van der Waals surface area contributed by atoms with Crippen molar-refractivity contribution < 1.29 is 27.1 Å². The molecule has 1 atom stereocenters. The molecule has 4 aliphatic rings. The summed E-state index contributed by atoms with van der Waals surface area (Å²) in [6, 6.07) is 13.3. The third kappa shape index (κ3) is 9.45. The fourth-order valence-electron chi connectivity index (χ4n) is 9.06. The summed E-state index contributed by atoms with van der Waals surface area (Å²) >= 11 is 10.1. The third-order valence-electron chi connectivity index (χ3n) is 12.3. The number of carbonyl (C=O) groups is 2. The van der Waals surface area contributed by atoms with Crippen LogP contribution in [0.25, 0.3) is 0 Å². The molecular weight excluding hydrogens is 889 g/mol. The summed E-state index contributed by atoms with van der Waals surface area (Å²) in [4.78, 5) is 40.6. The van der Waals surface area contributed by atoms with E-state index >= 15 is 4.39 Å². The van der Waals surface area contributed by atoms with Crippen LogP contribution in [0.4, 0.5) is 38.9 Å². The summed E-state index contributed by atoms with van der Waals surface area (Å²) in [5.41, 5.74) is 6.14. The Labute approximate surface area is 369 Å². The molecule has 0 radical (unpaired) electrons. The molecule has 324 valence electrons. The highest BCUT2D eigenvalue weighted by molar-refractivity contribution is 9.10. The lowest BCUT2D eigenvalue weighted by Gasteiger charge is -2.43. The average molecular weight is 939 g/mol. The van der Waals surface area contributed by atoms with E-state index in [1.165, 1.54) is 16.6 Å². The number of carbonyl (C=O) groups excluding carboxylic acids is 2. The van der Waals surface area contributed by atoms with Crippen LogP contribution in [0, 0.1) is 12.7 Å². The molecule has 0 spiro atoms. The van der Waals surface area contributed by atoms with Gasteiger partial charge >= 0.3 is 0 Å². The Bertz CT molecular complexity index is 2450. The zero-order valence-electron chi connectivity index (χ0n) is 34.4. The highest BCUT2D eigenvalue weighted by atomic mass is 79.9. The third-order valence-corrected chi connectivity index (χ3v) is 14.4. The maximum absolute atomic E-state index is 15.2. The van der Waals surface area contributed by atoms with Crippen LogP contribution in [-0.2, 0) is 32.5 Å². The van der Waals surface area contributed by atoms with Crippen LogP contribution in [0.2, 0.25) is 5.02 Å². The summed E-state index contributed by atoms with van der Waals surface area (Å²) in [5, 5.41) is 9.36. The van der Waals surface area contributed by atoms with Gasteiger partial charge < -0.3 is 25.2 Å². The predicted octanol–water partition coefficient (Wildman–Crippen LogP) is 6.51. The van der Waals surface area contributed by atoms with Crippen molar-refractivity contribution in [2.75, 3.05) is 85.6 Å². The predicted molar refractivity (Wildman–Crippen MR) is 240 cm³/mol. The molecule has 5 heterocycles. The van der Waals surface area contributed by atoms with Gasteiger partial charge in [0.15, 0.2) is 0 Å². The second kappa shape index (κ2) is 18.0. The van der Waals surface area contributed by atoms with Gasteiger partial charge in [0.05, 0.1) is 40.8 Å². The van der Waals surface area contributed by atoms with Gasteiger partial charge in [0.1, 0.15) is 17.4 Å². The number of hydrogen-bond acceptors (Lipinski definition) is 12. The first-order chi connectivity index (χ1) is 29.2. The Kier molecular flexibility index (Phi) is 12.8. The Hall–Kier alpha value is -4.55. The van der Waals surface area contributed by atoms with Crippen LogP contribution in [0.3, 0.4) is 0 Å². The number of rotatable bonds is 12. The van der Waals surface area contributed by atoms with E-state index in [1.807, 2.05) is 18.2 Å². The van der Waals surface area contributed by atoms with Crippen molar-refractivity contribution in [1.82, 2.24) is 25.1 Å². The number of ether oxygens (including phenoxy) is 1. The lowest BCUT2D eigenvalue weighted by atomic mass is 9.89. The van der Waals surface area contributed by atoms with E-state index in [0.717, 1.165) is 81.2 Å². The highest BCUT2D eigenvalue weighted by Gasteiger charge is 2.32. The van der Waals surface area contributed by atoms with Gasteiger partial charge in [-0.2, -0.15) is 4.98 Å². The number of fused-ring (bicyclic) bond motifs is 1. The number of nitrogens with one attached hydrogen (secondary N) is 3. The van der Waals surface area contributed by atoms with Crippen LogP contribution >= 0.6 is 27.5 Å². The van der Waals surface area contributed by atoms with Gasteiger partial charge in [-0.3, -0.25) is 24.1 Å². The summed E-state index contributed by atoms with van der Waals surface area (Å²) in [7, 11) is -1.80. The molecule has 0 aliphatic carbocycles. The SMILES string of the molecule is COc1cc(N2CCC(N3CCN(CCc4cc(Cl)c(C5CCC(=O)NC5=O)cc4F)CC3)CC2)c(C)cc1Nc1ncc(Br)c(Nc2cccc3c2N(S(C)(=O)=O)CC3)n1. The fraction of sp³-hybridized carbons (Fsp3) is 0.442.